The van der Waals surface area contributed by atoms with Crippen molar-refractivity contribution >= 4 is 21.8 Å². The van der Waals surface area contributed by atoms with Crippen LogP contribution in [0.25, 0.3) is 0 Å². The highest BCUT2D eigenvalue weighted by Gasteiger charge is 2.10. The van der Waals surface area contributed by atoms with E-state index in [-0.39, 0.29) is 5.91 Å². The highest BCUT2D eigenvalue weighted by molar-refractivity contribution is 9.10. The molecule has 136 valence electrons. The van der Waals surface area contributed by atoms with Gasteiger partial charge in [-0.05, 0) is 60.0 Å². The Labute approximate surface area is 161 Å². The van der Waals surface area contributed by atoms with Crippen molar-refractivity contribution in [3.8, 4) is 0 Å². The Balaban J connectivity index is 1.57. The first kappa shape index (κ1) is 18.4. The van der Waals surface area contributed by atoms with Crippen LogP contribution in [0.2, 0.25) is 0 Å². The topological polar surface area (TPSA) is 64.7 Å². The average Bonchev–Trinajstić information content (AvgIpc) is 3.24. The number of carbonyl (C=O) groups is 1. The number of benzene rings is 1. The molecular formula is C19H22BrN5O. The van der Waals surface area contributed by atoms with Gasteiger partial charge in [0, 0.05) is 31.0 Å². The summed E-state index contributed by atoms with van der Waals surface area (Å²) in [5.74, 6) is -0.0538. The van der Waals surface area contributed by atoms with Crippen molar-refractivity contribution < 1.29 is 4.79 Å². The van der Waals surface area contributed by atoms with E-state index in [1.807, 2.05) is 59.7 Å². The van der Waals surface area contributed by atoms with Crippen molar-refractivity contribution in [1.29, 1.82) is 0 Å². The molecule has 0 unspecified atom stereocenters. The summed E-state index contributed by atoms with van der Waals surface area (Å²) < 4.78 is 4.84. The summed E-state index contributed by atoms with van der Waals surface area (Å²) in [7, 11) is 0. The molecule has 0 saturated carbocycles. The Morgan fingerprint density at radius 1 is 1.27 bits per heavy atom. The quantitative estimate of drug-likeness (QED) is 0.601. The van der Waals surface area contributed by atoms with E-state index in [4.69, 9.17) is 0 Å². The molecule has 26 heavy (non-hydrogen) atoms. The number of halogens is 1. The van der Waals surface area contributed by atoms with Gasteiger partial charge in [-0.15, -0.1) is 0 Å². The fourth-order valence-corrected chi connectivity index (χ4v) is 3.07. The zero-order valence-corrected chi connectivity index (χ0v) is 16.5. The zero-order chi connectivity index (χ0) is 18.5. The van der Waals surface area contributed by atoms with Crippen molar-refractivity contribution in [2.75, 3.05) is 6.54 Å². The fraction of sp³-hybridized carbons (Fsp3) is 0.316. The summed E-state index contributed by atoms with van der Waals surface area (Å²) in [6.07, 6.45) is 4.51. The number of hydrogen-bond donors (Lipinski definition) is 1. The molecule has 0 spiro atoms. The molecule has 6 nitrogen and oxygen atoms in total. The molecule has 0 aliphatic carbocycles. The van der Waals surface area contributed by atoms with Crippen LogP contribution < -0.4 is 5.32 Å². The normalized spacial score (nSPS) is 10.9. The number of amides is 1. The number of aryl methyl sites for hydroxylation is 2. The first-order valence-corrected chi connectivity index (χ1v) is 9.38. The van der Waals surface area contributed by atoms with Gasteiger partial charge < -0.3 is 5.32 Å². The first-order chi connectivity index (χ1) is 12.5. The van der Waals surface area contributed by atoms with Gasteiger partial charge in [-0.1, -0.05) is 12.1 Å². The van der Waals surface area contributed by atoms with E-state index in [9.17, 15) is 4.79 Å². The molecule has 1 aromatic carbocycles. The molecule has 0 fully saturated rings. The van der Waals surface area contributed by atoms with Crippen LogP contribution in [0.3, 0.4) is 0 Å². The van der Waals surface area contributed by atoms with Crippen LogP contribution in [0.5, 0.6) is 0 Å². The van der Waals surface area contributed by atoms with E-state index in [2.05, 4.69) is 31.4 Å². The minimum atomic E-state index is -0.0538. The zero-order valence-electron chi connectivity index (χ0n) is 14.9. The van der Waals surface area contributed by atoms with Gasteiger partial charge in [0.2, 0.25) is 0 Å². The summed E-state index contributed by atoms with van der Waals surface area (Å²) in [5, 5.41) is 11.6. The van der Waals surface area contributed by atoms with Crippen molar-refractivity contribution in [1.82, 2.24) is 24.9 Å². The number of hydrogen-bond acceptors (Lipinski definition) is 3. The SMILES string of the molecule is Cc1nn(Cc2cccc(C(=O)NCCCn3cccn3)c2)c(C)c1Br. The van der Waals surface area contributed by atoms with Crippen LogP contribution in [0, 0.1) is 13.8 Å². The number of aromatic nitrogens is 4. The second kappa shape index (κ2) is 8.31. The van der Waals surface area contributed by atoms with Gasteiger partial charge in [-0.25, -0.2) is 0 Å². The summed E-state index contributed by atoms with van der Waals surface area (Å²) in [5.41, 5.74) is 3.76. The maximum Gasteiger partial charge on any atom is 0.251 e. The van der Waals surface area contributed by atoms with Crippen LogP contribution >= 0.6 is 15.9 Å². The number of nitrogens with one attached hydrogen (secondary N) is 1. The first-order valence-electron chi connectivity index (χ1n) is 8.58. The maximum atomic E-state index is 12.4. The van der Waals surface area contributed by atoms with Crippen molar-refractivity contribution in [3.63, 3.8) is 0 Å². The highest BCUT2D eigenvalue weighted by atomic mass is 79.9. The Morgan fingerprint density at radius 3 is 2.81 bits per heavy atom. The van der Waals surface area contributed by atoms with Crippen LogP contribution in [0.1, 0.15) is 33.7 Å². The Hall–Kier alpha value is -2.41. The smallest absolute Gasteiger partial charge is 0.251 e. The minimum Gasteiger partial charge on any atom is -0.352 e. The standard InChI is InChI=1S/C19H22BrN5O/c1-14-18(20)15(2)25(23-14)13-16-6-3-7-17(12-16)19(26)21-8-4-10-24-11-5-9-22-24/h3,5-7,9,11-12H,4,8,10,13H2,1-2H3,(H,21,26). The van der Waals surface area contributed by atoms with E-state index in [0.29, 0.717) is 18.7 Å². The van der Waals surface area contributed by atoms with Crippen molar-refractivity contribution in [2.24, 2.45) is 0 Å². The van der Waals surface area contributed by atoms with Gasteiger partial charge in [0.05, 0.1) is 22.4 Å². The fourth-order valence-electron chi connectivity index (χ4n) is 2.79. The van der Waals surface area contributed by atoms with Crippen LogP contribution in [0.4, 0.5) is 0 Å². The lowest BCUT2D eigenvalue weighted by Crippen LogP contribution is -2.25. The van der Waals surface area contributed by atoms with E-state index in [1.54, 1.807) is 6.20 Å². The Kier molecular flexibility index (Phi) is 5.88. The number of nitrogens with zero attached hydrogens (tertiary/aromatic N) is 4. The summed E-state index contributed by atoms with van der Waals surface area (Å²) >= 11 is 3.55. The third-order valence-corrected chi connectivity index (χ3v) is 5.37. The average molecular weight is 416 g/mol. The van der Waals surface area contributed by atoms with Crippen LogP contribution in [-0.4, -0.2) is 32.0 Å². The van der Waals surface area contributed by atoms with Crippen molar-refractivity contribution in [2.45, 2.75) is 33.4 Å². The third kappa shape index (κ3) is 4.40. The molecule has 3 rings (SSSR count). The van der Waals surface area contributed by atoms with E-state index in [1.165, 1.54) is 0 Å². The Bertz CT molecular complexity index is 885. The van der Waals surface area contributed by atoms with Crippen LogP contribution in [-0.2, 0) is 13.1 Å². The van der Waals surface area contributed by atoms with Crippen molar-refractivity contribution in [3.05, 3.63) is 69.7 Å². The predicted octanol–water partition coefficient (Wildman–Crippen LogP) is 3.33. The number of rotatable bonds is 7. The summed E-state index contributed by atoms with van der Waals surface area (Å²) in [6.45, 7) is 6.05. The lowest BCUT2D eigenvalue weighted by atomic mass is 10.1. The Morgan fingerprint density at radius 2 is 2.12 bits per heavy atom. The van der Waals surface area contributed by atoms with Crippen LogP contribution in [0.15, 0.2) is 47.2 Å². The van der Waals surface area contributed by atoms with E-state index >= 15 is 0 Å². The monoisotopic (exact) mass is 415 g/mol. The molecule has 0 bridgehead atoms. The molecule has 1 amide bonds. The highest BCUT2D eigenvalue weighted by Crippen LogP contribution is 2.20. The van der Waals surface area contributed by atoms with Gasteiger partial charge in [-0.2, -0.15) is 10.2 Å². The van der Waals surface area contributed by atoms with E-state index in [0.717, 1.165) is 34.4 Å². The lowest BCUT2D eigenvalue weighted by Gasteiger charge is -2.08. The molecule has 2 heterocycles. The van der Waals surface area contributed by atoms with Gasteiger partial charge in [-0.3, -0.25) is 14.2 Å². The predicted molar refractivity (Wildman–Crippen MR) is 104 cm³/mol. The molecule has 1 N–H and O–H groups in total. The third-order valence-electron chi connectivity index (χ3n) is 4.22. The molecule has 0 radical (unpaired) electrons. The van der Waals surface area contributed by atoms with Gasteiger partial charge in [0.1, 0.15) is 0 Å². The maximum absolute atomic E-state index is 12.4. The molecule has 0 saturated heterocycles. The number of carbonyl (C=O) groups excluding carboxylic acids is 1. The lowest BCUT2D eigenvalue weighted by molar-refractivity contribution is 0.0952. The molecule has 2 aromatic heterocycles. The van der Waals surface area contributed by atoms with Gasteiger partial charge in [0.15, 0.2) is 0 Å². The molecular weight excluding hydrogens is 394 g/mol. The summed E-state index contributed by atoms with van der Waals surface area (Å²) in [4.78, 5) is 12.4. The van der Waals surface area contributed by atoms with Gasteiger partial charge >= 0.3 is 0 Å². The molecule has 0 atom stereocenters. The minimum absolute atomic E-state index is 0.0538. The molecule has 7 heteroatoms. The largest absolute Gasteiger partial charge is 0.352 e. The molecule has 0 aliphatic heterocycles. The molecule has 0 aliphatic rings. The molecule has 3 aromatic rings. The van der Waals surface area contributed by atoms with E-state index < -0.39 is 0 Å². The van der Waals surface area contributed by atoms with Gasteiger partial charge in [0.25, 0.3) is 5.91 Å². The second-order valence-corrected chi connectivity index (χ2v) is 7.01. The second-order valence-electron chi connectivity index (χ2n) is 6.22. The summed E-state index contributed by atoms with van der Waals surface area (Å²) in [6, 6.07) is 9.58.